The Labute approximate surface area is 166 Å². The number of β-amino-alcohol motifs (C(OH)–C–C–N with tert-alkyl or cyclic N) is 1. The molecule has 1 saturated heterocycles. The summed E-state index contributed by atoms with van der Waals surface area (Å²) in [5.41, 5.74) is 1.82. The van der Waals surface area contributed by atoms with Crippen LogP contribution in [-0.2, 0) is 11.2 Å². The van der Waals surface area contributed by atoms with E-state index in [9.17, 15) is 5.11 Å². The van der Waals surface area contributed by atoms with Crippen molar-refractivity contribution in [3.8, 4) is 0 Å². The lowest BCUT2D eigenvalue weighted by Crippen LogP contribution is -2.41. The predicted molar refractivity (Wildman–Crippen MR) is 112 cm³/mol. The first-order valence-electron chi connectivity index (χ1n) is 11.0. The van der Waals surface area contributed by atoms with Gasteiger partial charge in [-0.25, -0.2) is 0 Å². The third-order valence-corrected chi connectivity index (χ3v) is 6.41. The minimum absolute atomic E-state index is 0.315. The molecule has 3 nitrogen and oxygen atoms in total. The molecule has 0 spiro atoms. The minimum Gasteiger partial charge on any atom is -0.389 e. The highest BCUT2D eigenvalue weighted by atomic mass is 16.5. The maximum atomic E-state index is 10.5. The van der Waals surface area contributed by atoms with Crippen LogP contribution in [0.2, 0.25) is 0 Å². The summed E-state index contributed by atoms with van der Waals surface area (Å²) in [5, 5.41) is 10.5. The van der Waals surface area contributed by atoms with Gasteiger partial charge in [-0.15, -0.1) is 0 Å². The molecule has 3 atom stereocenters. The van der Waals surface area contributed by atoms with Crippen molar-refractivity contribution in [3.63, 3.8) is 0 Å². The van der Waals surface area contributed by atoms with Crippen molar-refractivity contribution in [1.29, 1.82) is 0 Å². The highest BCUT2D eigenvalue weighted by molar-refractivity contribution is 5.15. The van der Waals surface area contributed by atoms with Crippen LogP contribution in [0.3, 0.4) is 0 Å². The van der Waals surface area contributed by atoms with E-state index >= 15 is 0 Å². The summed E-state index contributed by atoms with van der Waals surface area (Å²) in [6.07, 6.45) is 7.15. The van der Waals surface area contributed by atoms with Gasteiger partial charge in [0.25, 0.3) is 0 Å². The van der Waals surface area contributed by atoms with Crippen LogP contribution in [0, 0.1) is 17.3 Å². The van der Waals surface area contributed by atoms with E-state index in [1.54, 1.807) is 0 Å². The summed E-state index contributed by atoms with van der Waals surface area (Å²) >= 11 is 0. The molecule has 1 heterocycles. The highest BCUT2D eigenvalue weighted by Crippen LogP contribution is 2.39. The second-order valence-corrected chi connectivity index (χ2v) is 9.96. The largest absolute Gasteiger partial charge is 0.389 e. The quantitative estimate of drug-likeness (QED) is 0.762. The third kappa shape index (κ3) is 6.89. The summed E-state index contributed by atoms with van der Waals surface area (Å²) < 4.78 is 6.12. The Balaban J connectivity index is 1.34. The zero-order chi connectivity index (χ0) is 19.3. The van der Waals surface area contributed by atoms with Crippen molar-refractivity contribution >= 4 is 0 Å². The fourth-order valence-electron chi connectivity index (χ4n) is 5.30. The molecule has 2 aliphatic rings. The summed E-state index contributed by atoms with van der Waals surface area (Å²) in [7, 11) is 0. The van der Waals surface area contributed by atoms with Gasteiger partial charge in [-0.3, -0.25) is 0 Å². The second kappa shape index (κ2) is 9.54. The average Bonchev–Trinajstić information content (AvgIpc) is 2.61. The standard InChI is InChI=1S/C24H39NO2/c1-19-13-23(16-24(2,3)15-19)27-18-22(26)17-25-11-9-21(10-12-25)14-20-7-5-4-6-8-20/h4-8,19,21-23,26H,9-18H2,1-3H3/t19-,22+,23-/m1/s1. The van der Waals surface area contributed by atoms with Crippen LogP contribution in [-0.4, -0.2) is 48.5 Å². The number of aliphatic hydroxyl groups excluding tert-OH is 1. The van der Waals surface area contributed by atoms with Gasteiger partial charge < -0.3 is 14.7 Å². The molecule has 1 aromatic rings. The lowest BCUT2D eigenvalue weighted by molar-refractivity contribution is -0.0627. The Morgan fingerprint density at radius 2 is 1.85 bits per heavy atom. The van der Waals surface area contributed by atoms with E-state index < -0.39 is 0 Å². The first-order chi connectivity index (χ1) is 12.9. The number of hydrogen-bond donors (Lipinski definition) is 1. The maximum absolute atomic E-state index is 10.5. The van der Waals surface area contributed by atoms with Gasteiger partial charge in [0, 0.05) is 6.54 Å². The number of aliphatic hydroxyl groups is 1. The Hall–Kier alpha value is -0.900. The third-order valence-electron chi connectivity index (χ3n) is 6.41. The van der Waals surface area contributed by atoms with Crippen LogP contribution in [0.15, 0.2) is 30.3 Å². The van der Waals surface area contributed by atoms with Crippen molar-refractivity contribution < 1.29 is 9.84 Å². The molecule has 0 unspecified atom stereocenters. The molecule has 3 rings (SSSR count). The molecule has 0 bridgehead atoms. The fourth-order valence-corrected chi connectivity index (χ4v) is 5.30. The zero-order valence-electron chi connectivity index (χ0n) is 17.6. The average molecular weight is 374 g/mol. The number of benzene rings is 1. The van der Waals surface area contributed by atoms with Crippen LogP contribution >= 0.6 is 0 Å². The van der Waals surface area contributed by atoms with Crippen molar-refractivity contribution in [2.24, 2.45) is 17.3 Å². The number of rotatable bonds is 7. The van der Waals surface area contributed by atoms with E-state index in [2.05, 4.69) is 56.0 Å². The minimum atomic E-state index is -0.365. The van der Waals surface area contributed by atoms with Crippen LogP contribution in [0.4, 0.5) is 0 Å². The first-order valence-corrected chi connectivity index (χ1v) is 11.0. The monoisotopic (exact) mass is 373 g/mol. The van der Waals surface area contributed by atoms with Crippen LogP contribution in [0.1, 0.15) is 58.4 Å². The Morgan fingerprint density at radius 1 is 1.15 bits per heavy atom. The van der Waals surface area contributed by atoms with Gasteiger partial charge in [0.1, 0.15) is 0 Å². The van der Waals surface area contributed by atoms with Crippen LogP contribution < -0.4 is 0 Å². The topological polar surface area (TPSA) is 32.7 Å². The Kier molecular flexibility index (Phi) is 7.35. The fraction of sp³-hybridized carbons (Fsp3) is 0.750. The van der Waals surface area contributed by atoms with Gasteiger partial charge >= 0.3 is 0 Å². The van der Waals surface area contributed by atoms with Crippen LogP contribution in [0.25, 0.3) is 0 Å². The van der Waals surface area contributed by atoms with E-state index in [0.717, 1.165) is 44.3 Å². The molecule has 2 fully saturated rings. The number of ether oxygens (including phenoxy) is 1. The molecule has 152 valence electrons. The molecular weight excluding hydrogens is 334 g/mol. The molecule has 3 heteroatoms. The summed E-state index contributed by atoms with van der Waals surface area (Å²) in [6.45, 7) is 10.4. The molecule has 1 aliphatic carbocycles. The number of likely N-dealkylation sites (tertiary alicyclic amines) is 1. The van der Waals surface area contributed by atoms with Gasteiger partial charge in [-0.1, -0.05) is 51.1 Å². The maximum Gasteiger partial charge on any atom is 0.0900 e. The molecule has 0 radical (unpaired) electrons. The van der Waals surface area contributed by atoms with E-state index in [1.165, 1.54) is 31.2 Å². The molecule has 1 N–H and O–H groups in total. The van der Waals surface area contributed by atoms with Gasteiger partial charge in [0.15, 0.2) is 0 Å². The molecular formula is C24H39NO2. The smallest absolute Gasteiger partial charge is 0.0900 e. The Morgan fingerprint density at radius 3 is 2.52 bits per heavy atom. The molecule has 0 amide bonds. The van der Waals surface area contributed by atoms with Crippen molar-refractivity contribution in [2.75, 3.05) is 26.2 Å². The number of nitrogens with zero attached hydrogens (tertiary/aromatic N) is 1. The number of hydrogen-bond acceptors (Lipinski definition) is 3. The molecule has 27 heavy (non-hydrogen) atoms. The predicted octanol–water partition coefficient (Wildman–Crippen LogP) is 4.53. The molecule has 1 saturated carbocycles. The first kappa shape index (κ1) is 20.8. The molecule has 1 aliphatic heterocycles. The zero-order valence-corrected chi connectivity index (χ0v) is 17.6. The highest BCUT2D eigenvalue weighted by Gasteiger charge is 2.33. The summed E-state index contributed by atoms with van der Waals surface area (Å²) in [4.78, 5) is 2.42. The Bertz CT molecular complexity index is 551. The van der Waals surface area contributed by atoms with E-state index in [0.29, 0.717) is 18.1 Å². The van der Waals surface area contributed by atoms with Crippen molar-refractivity contribution in [1.82, 2.24) is 4.90 Å². The van der Waals surface area contributed by atoms with Crippen molar-refractivity contribution in [2.45, 2.75) is 71.5 Å². The van der Waals surface area contributed by atoms with E-state index in [4.69, 9.17) is 4.74 Å². The SMILES string of the molecule is C[C@@H]1C[C@@H](OC[C@@H](O)CN2CCC(Cc3ccccc3)CC2)CC(C)(C)C1. The lowest BCUT2D eigenvalue weighted by Gasteiger charge is -2.39. The summed E-state index contributed by atoms with van der Waals surface area (Å²) in [6, 6.07) is 10.8. The van der Waals surface area contributed by atoms with Gasteiger partial charge in [0.05, 0.1) is 18.8 Å². The van der Waals surface area contributed by atoms with Crippen LogP contribution in [0.5, 0.6) is 0 Å². The van der Waals surface area contributed by atoms with Gasteiger partial charge in [-0.05, 0) is 74.4 Å². The van der Waals surface area contributed by atoms with Crippen molar-refractivity contribution in [3.05, 3.63) is 35.9 Å². The molecule has 0 aromatic heterocycles. The van der Waals surface area contributed by atoms with E-state index in [1.807, 2.05) is 0 Å². The molecule has 1 aromatic carbocycles. The normalized spacial score (nSPS) is 28.1. The number of piperidine rings is 1. The summed E-state index contributed by atoms with van der Waals surface area (Å²) in [5.74, 6) is 1.50. The second-order valence-electron chi connectivity index (χ2n) is 9.96. The van der Waals surface area contributed by atoms with Gasteiger partial charge in [-0.2, -0.15) is 0 Å². The van der Waals surface area contributed by atoms with E-state index in [-0.39, 0.29) is 6.10 Å². The lowest BCUT2D eigenvalue weighted by atomic mass is 9.71. The van der Waals surface area contributed by atoms with Gasteiger partial charge in [0.2, 0.25) is 0 Å².